The van der Waals surface area contributed by atoms with Crippen LogP contribution in [0.3, 0.4) is 0 Å². The van der Waals surface area contributed by atoms with E-state index in [1.165, 1.54) is 13.4 Å². The average Bonchev–Trinajstić information content (AvgIpc) is 2.96. The number of nitrogens with one attached hydrogen (secondary N) is 1. The van der Waals surface area contributed by atoms with E-state index >= 15 is 0 Å². The minimum Gasteiger partial charge on any atom is -0.489 e. The van der Waals surface area contributed by atoms with Gasteiger partial charge in [0.15, 0.2) is 5.76 Å². The molecule has 0 saturated heterocycles. The zero-order valence-corrected chi connectivity index (χ0v) is 22.5. The van der Waals surface area contributed by atoms with Gasteiger partial charge in [-0.3, -0.25) is 4.79 Å². The van der Waals surface area contributed by atoms with Crippen LogP contribution in [0.15, 0.2) is 103 Å². The van der Waals surface area contributed by atoms with E-state index in [2.05, 4.69) is 30.1 Å². The number of hydrogen-bond donors (Lipinski definition) is 1. The summed E-state index contributed by atoms with van der Waals surface area (Å²) in [5.41, 5.74) is 3.03. The molecular weight excluding hydrogens is 525 g/mol. The number of benzene rings is 2. The zero-order chi connectivity index (χ0) is 26.9. The fourth-order valence-electron chi connectivity index (χ4n) is 4.18. The van der Waals surface area contributed by atoms with Crippen molar-refractivity contribution in [1.82, 2.24) is 5.32 Å². The molecule has 0 saturated carbocycles. The molecule has 2 aliphatic rings. The maximum absolute atomic E-state index is 12.2. The van der Waals surface area contributed by atoms with Crippen molar-refractivity contribution in [3.05, 3.63) is 124 Å². The summed E-state index contributed by atoms with van der Waals surface area (Å²) in [7, 11) is 1.36. The molecule has 0 radical (unpaired) electrons. The molecule has 0 bridgehead atoms. The quantitative estimate of drug-likeness (QED) is 0.239. The molecule has 38 heavy (non-hydrogen) atoms. The van der Waals surface area contributed by atoms with Crippen molar-refractivity contribution in [1.29, 1.82) is 0 Å². The summed E-state index contributed by atoms with van der Waals surface area (Å²) in [6.45, 7) is 4.53. The minimum absolute atomic E-state index is 0.0635. The summed E-state index contributed by atoms with van der Waals surface area (Å²) in [5, 5.41) is 4.11. The molecule has 0 fully saturated rings. The first-order chi connectivity index (χ1) is 18.5. The van der Waals surface area contributed by atoms with Crippen molar-refractivity contribution >= 4 is 29.2 Å². The third-order valence-electron chi connectivity index (χ3n) is 6.13. The van der Waals surface area contributed by atoms with Gasteiger partial charge in [-0.25, -0.2) is 0 Å². The molecule has 198 valence electrons. The number of halogens is 2. The van der Waals surface area contributed by atoms with Crippen LogP contribution in [0, 0.1) is 0 Å². The van der Waals surface area contributed by atoms with Crippen molar-refractivity contribution in [2.24, 2.45) is 0 Å². The Labute approximate surface area is 232 Å². The minimum atomic E-state index is -0.584. The van der Waals surface area contributed by atoms with Crippen LogP contribution >= 0.6 is 23.2 Å². The highest BCUT2D eigenvalue weighted by Crippen LogP contribution is 2.38. The molecule has 6 nitrogen and oxygen atoms in total. The molecular formula is C30H29Cl2NO5. The number of hydrogen-bond acceptors (Lipinski definition) is 6. The van der Waals surface area contributed by atoms with Crippen LogP contribution in [0.5, 0.6) is 5.75 Å². The topological polar surface area (TPSA) is 66.0 Å². The van der Waals surface area contributed by atoms with E-state index in [9.17, 15) is 4.79 Å². The van der Waals surface area contributed by atoms with Gasteiger partial charge in [0.1, 0.15) is 36.7 Å². The van der Waals surface area contributed by atoms with E-state index in [-0.39, 0.29) is 18.3 Å². The summed E-state index contributed by atoms with van der Waals surface area (Å²) >= 11 is 12.1. The Morgan fingerprint density at radius 1 is 1.18 bits per heavy atom. The van der Waals surface area contributed by atoms with Crippen molar-refractivity contribution in [3.63, 3.8) is 0 Å². The largest absolute Gasteiger partial charge is 0.489 e. The third-order valence-corrected chi connectivity index (χ3v) is 6.87. The summed E-state index contributed by atoms with van der Waals surface area (Å²) in [4.78, 5) is 12.2. The summed E-state index contributed by atoms with van der Waals surface area (Å²) in [5.74, 6) is 1.55. The Bertz CT molecular complexity index is 1280. The van der Waals surface area contributed by atoms with Gasteiger partial charge in [-0.05, 0) is 41.8 Å². The van der Waals surface area contributed by atoms with Crippen LogP contribution in [-0.4, -0.2) is 25.7 Å². The summed E-state index contributed by atoms with van der Waals surface area (Å²) in [6.07, 6.45) is 12.0. The fourth-order valence-corrected chi connectivity index (χ4v) is 4.50. The van der Waals surface area contributed by atoms with E-state index in [0.29, 0.717) is 34.7 Å². The highest BCUT2D eigenvalue weighted by molar-refractivity contribution is 6.42. The molecule has 1 aliphatic carbocycles. The van der Waals surface area contributed by atoms with E-state index < -0.39 is 6.04 Å². The highest BCUT2D eigenvalue weighted by Gasteiger charge is 2.27. The van der Waals surface area contributed by atoms with Crippen LogP contribution in [0.2, 0.25) is 10.0 Å². The first kappa shape index (κ1) is 27.6. The Balaban J connectivity index is 1.41. The first-order valence-corrected chi connectivity index (χ1v) is 12.9. The number of carbonyl (C=O) groups is 1. The molecule has 0 aromatic heterocycles. The predicted octanol–water partition coefficient (Wildman–Crippen LogP) is 6.98. The molecule has 8 heteroatoms. The second kappa shape index (κ2) is 13.4. The number of rotatable bonds is 11. The average molecular weight is 554 g/mol. The molecule has 1 unspecified atom stereocenters. The maximum atomic E-state index is 12.2. The van der Waals surface area contributed by atoms with Crippen LogP contribution in [0.4, 0.5) is 0 Å². The van der Waals surface area contributed by atoms with E-state index in [1.54, 1.807) is 24.5 Å². The van der Waals surface area contributed by atoms with E-state index in [4.69, 9.17) is 42.1 Å². The van der Waals surface area contributed by atoms with Crippen molar-refractivity contribution in [3.8, 4) is 5.75 Å². The lowest BCUT2D eigenvalue weighted by molar-refractivity contribution is -0.143. The smallest absolute Gasteiger partial charge is 0.323 e. The van der Waals surface area contributed by atoms with Crippen molar-refractivity contribution in [2.45, 2.75) is 31.4 Å². The molecule has 2 aromatic rings. The van der Waals surface area contributed by atoms with Gasteiger partial charge in [-0.1, -0.05) is 65.7 Å². The molecule has 4 rings (SSSR count). The van der Waals surface area contributed by atoms with E-state index in [0.717, 1.165) is 28.9 Å². The lowest BCUT2D eigenvalue weighted by Gasteiger charge is -2.27. The normalized spacial score (nSPS) is 17.2. The number of ether oxygens (including phenoxy) is 4. The summed E-state index contributed by atoms with van der Waals surface area (Å²) < 4.78 is 22.6. The SMILES string of the molecule is C=CCN[C@@H](CC1=COC=C(C2=CC=CCC2c2ccc(OCc3ccc(Cl)c(Cl)c3)cc2)O1)C(=O)OC. The van der Waals surface area contributed by atoms with Crippen molar-refractivity contribution in [2.75, 3.05) is 13.7 Å². The lowest BCUT2D eigenvalue weighted by Crippen LogP contribution is -2.38. The van der Waals surface area contributed by atoms with Crippen molar-refractivity contribution < 1.29 is 23.7 Å². The van der Waals surface area contributed by atoms with Crippen LogP contribution in [-0.2, 0) is 25.6 Å². The monoisotopic (exact) mass is 553 g/mol. The number of methoxy groups -OCH3 is 1. The van der Waals surface area contributed by atoms with Gasteiger partial charge in [0.25, 0.3) is 0 Å². The Morgan fingerprint density at radius 3 is 2.74 bits per heavy atom. The Kier molecular flexibility index (Phi) is 9.71. The molecule has 1 heterocycles. The van der Waals surface area contributed by atoms with Crippen LogP contribution in [0.25, 0.3) is 0 Å². The van der Waals surface area contributed by atoms with Gasteiger partial charge in [0, 0.05) is 24.5 Å². The van der Waals surface area contributed by atoms with Gasteiger partial charge < -0.3 is 24.3 Å². The zero-order valence-electron chi connectivity index (χ0n) is 21.0. The molecule has 2 aromatic carbocycles. The van der Waals surface area contributed by atoms with Gasteiger partial charge in [0.05, 0.1) is 17.2 Å². The second-order valence-corrected chi connectivity index (χ2v) is 9.54. The van der Waals surface area contributed by atoms with Gasteiger partial charge in [0.2, 0.25) is 0 Å². The molecule has 1 N–H and O–H groups in total. The van der Waals surface area contributed by atoms with Crippen LogP contribution in [0.1, 0.15) is 29.9 Å². The molecule has 1 aliphatic heterocycles. The second-order valence-electron chi connectivity index (χ2n) is 8.73. The van der Waals surface area contributed by atoms with E-state index in [1.807, 2.05) is 30.4 Å². The lowest BCUT2D eigenvalue weighted by atomic mass is 9.84. The fraction of sp³-hybridized carbons (Fsp3) is 0.233. The standard InChI is InChI=1S/C30H29Cl2NO5/c1-3-14-33-28(30(34)35-2)16-23-18-36-19-29(38-23)25-7-5-4-6-24(25)21-9-11-22(12-10-21)37-17-20-8-13-26(31)27(32)15-20/h3-5,7-13,15,18-19,24,28,33H,1,6,14,16-17H2,2H3/t24?,28-/m0/s1. The molecule has 0 spiro atoms. The van der Waals surface area contributed by atoms with Gasteiger partial charge >= 0.3 is 5.97 Å². The molecule has 0 amide bonds. The number of carbonyl (C=O) groups excluding carboxylic acids is 1. The highest BCUT2D eigenvalue weighted by atomic mass is 35.5. The maximum Gasteiger partial charge on any atom is 0.323 e. The van der Waals surface area contributed by atoms with Gasteiger partial charge in [-0.2, -0.15) is 0 Å². The first-order valence-electron chi connectivity index (χ1n) is 12.2. The number of allylic oxidation sites excluding steroid dienone is 4. The van der Waals surface area contributed by atoms with Crippen LogP contribution < -0.4 is 10.1 Å². The summed E-state index contributed by atoms with van der Waals surface area (Å²) in [6, 6.07) is 12.9. The Hall–Kier alpha value is -3.45. The molecule has 2 atom stereocenters. The Morgan fingerprint density at radius 2 is 2.00 bits per heavy atom. The number of esters is 1. The predicted molar refractivity (Wildman–Crippen MR) is 149 cm³/mol. The third kappa shape index (κ3) is 7.10. The van der Waals surface area contributed by atoms with Gasteiger partial charge in [-0.15, -0.1) is 6.58 Å².